The average molecular weight is 298 g/mol. The lowest BCUT2D eigenvalue weighted by atomic mass is 9.94. The molecule has 0 N–H and O–H groups in total. The molecular weight excluding hydrogens is 274 g/mol. The number of hydrogen-bond donors (Lipinski definition) is 0. The van der Waals surface area contributed by atoms with Gasteiger partial charge in [-0.1, -0.05) is 25.1 Å². The highest BCUT2D eigenvalue weighted by molar-refractivity contribution is 6.19. The minimum atomic E-state index is -0.530. The maximum atomic E-state index is 12.1. The van der Waals surface area contributed by atoms with Crippen molar-refractivity contribution in [3.63, 3.8) is 0 Å². The molecule has 0 radical (unpaired) electrons. The number of amides is 1. The summed E-state index contributed by atoms with van der Waals surface area (Å²) in [5, 5.41) is 0. The summed E-state index contributed by atoms with van der Waals surface area (Å²) in [6.07, 6.45) is 0.935. The molecule has 1 aromatic carbocycles. The van der Waals surface area contributed by atoms with E-state index < -0.39 is 5.41 Å². The van der Waals surface area contributed by atoms with Crippen LogP contribution in [0.1, 0.15) is 26.3 Å². The summed E-state index contributed by atoms with van der Waals surface area (Å²) >= 11 is 5.82. The van der Waals surface area contributed by atoms with E-state index in [2.05, 4.69) is 13.0 Å². The maximum absolute atomic E-state index is 12.1. The molecule has 0 aliphatic rings. The molecule has 0 saturated carbocycles. The molecule has 20 heavy (non-hydrogen) atoms. The Morgan fingerprint density at radius 3 is 2.60 bits per heavy atom. The van der Waals surface area contributed by atoms with Crippen molar-refractivity contribution in [1.29, 1.82) is 0 Å². The van der Waals surface area contributed by atoms with Gasteiger partial charge >= 0.3 is 0 Å². The van der Waals surface area contributed by atoms with Gasteiger partial charge in [0.2, 0.25) is 5.91 Å². The fraction of sp³-hybridized carbons (Fsp3) is 0.562. The molecule has 3 nitrogen and oxygen atoms in total. The fourth-order valence-electron chi connectivity index (χ4n) is 1.90. The van der Waals surface area contributed by atoms with Crippen molar-refractivity contribution < 1.29 is 9.53 Å². The van der Waals surface area contributed by atoms with Gasteiger partial charge in [0.25, 0.3) is 0 Å². The van der Waals surface area contributed by atoms with Gasteiger partial charge in [0.15, 0.2) is 0 Å². The zero-order valence-corrected chi connectivity index (χ0v) is 13.5. The van der Waals surface area contributed by atoms with Crippen LogP contribution in [0.25, 0.3) is 0 Å². The Morgan fingerprint density at radius 2 is 2.00 bits per heavy atom. The standard InChI is InChI=1S/C16H24ClNO2/c1-5-13-8-6-7-9-14(13)20-11-10-18(4)15(19)16(2,3)12-17/h6-9H,5,10-12H2,1-4H3. The van der Waals surface area contributed by atoms with E-state index in [1.165, 1.54) is 5.56 Å². The molecule has 0 spiro atoms. The van der Waals surface area contributed by atoms with Crippen molar-refractivity contribution >= 4 is 17.5 Å². The van der Waals surface area contributed by atoms with Crippen LogP contribution in [0.15, 0.2) is 24.3 Å². The third-order valence-electron chi connectivity index (χ3n) is 3.30. The van der Waals surface area contributed by atoms with Crippen molar-refractivity contribution in [1.82, 2.24) is 4.90 Å². The second kappa shape index (κ2) is 7.53. The number of hydrogen-bond acceptors (Lipinski definition) is 2. The zero-order valence-electron chi connectivity index (χ0n) is 12.8. The Hall–Kier alpha value is -1.22. The quantitative estimate of drug-likeness (QED) is 0.722. The smallest absolute Gasteiger partial charge is 0.229 e. The topological polar surface area (TPSA) is 29.5 Å². The first-order chi connectivity index (χ1) is 9.42. The monoisotopic (exact) mass is 297 g/mol. The number of ether oxygens (including phenoxy) is 1. The lowest BCUT2D eigenvalue weighted by molar-refractivity contribution is -0.138. The Morgan fingerprint density at radius 1 is 1.35 bits per heavy atom. The number of carbonyl (C=O) groups is 1. The number of alkyl halides is 1. The van der Waals surface area contributed by atoms with Crippen molar-refractivity contribution in [2.24, 2.45) is 5.41 Å². The molecule has 0 heterocycles. The van der Waals surface area contributed by atoms with E-state index in [0.29, 0.717) is 19.0 Å². The summed E-state index contributed by atoms with van der Waals surface area (Å²) in [4.78, 5) is 13.8. The molecule has 1 amide bonds. The van der Waals surface area contributed by atoms with Crippen molar-refractivity contribution in [3.8, 4) is 5.75 Å². The molecule has 0 aromatic heterocycles. The number of para-hydroxylation sites is 1. The van der Waals surface area contributed by atoms with Gasteiger partial charge in [0.05, 0.1) is 12.0 Å². The normalized spacial score (nSPS) is 11.2. The molecule has 0 saturated heterocycles. The Balaban J connectivity index is 2.50. The van der Waals surface area contributed by atoms with Gasteiger partial charge in [0, 0.05) is 12.9 Å². The van der Waals surface area contributed by atoms with Crippen LogP contribution in [-0.4, -0.2) is 36.9 Å². The molecule has 112 valence electrons. The molecule has 0 bridgehead atoms. The second-order valence-electron chi connectivity index (χ2n) is 5.55. The van der Waals surface area contributed by atoms with Crippen molar-refractivity contribution in [3.05, 3.63) is 29.8 Å². The number of benzene rings is 1. The first-order valence-corrected chi connectivity index (χ1v) is 7.48. The SMILES string of the molecule is CCc1ccccc1OCCN(C)C(=O)C(C)(C)CCl. The predicted molar refractivity (Wildman–Crippen MR) is 83.5 cm³/mol. The van der Waals surface area contributed by atoms with E-state index in [1.54, 1.807) is 11.9 Å². The van der Waals surface area contributed by atoms with Gasteiger partial charge in [-0.25, -0.2) is 0 Å². The van der Waals surface area contributed by atoms with Gasteiger partial charge < -0.3 is 9.64 Å². The number of rotatable bonds is 7. The van der Waals surface area contributed by atoms with Crippen LogP contribution in [0.5, 0.6) is 5.75 Å². The van der Waals surface area contributed by atoms with Crippen molar-refractivity contribution in [2.75, 3.05) is 26.1 Å². The van der Waals surface area contributed by atoms with Crippen LogP contribution >= 0.6 is 11.6 Å². The predicted octanol–water partition coefficient (Wildman–Crippen LogP) is 3.35. The van der Waals surface area contributed by atoms with E-state index in [0.717, 1.165) is 12.2 Å². The summed E-state index contributed by atoms with van der Waals surface area (Å²) < 4.78 is 5.77. The number of nitrogens with zero attached hydrogens (tertiary/aromatic N) is 1. The second-order valence-corrected chi connectivity index (χ2v) is 5.82. The van der Waals surface area contributed by atoms with E-state index in [4.69, 9.17) is 16.3 Å². The summed E-state index contributed by atoms with van der Waals surface area (Å²) in [6.45, 7) is 6.84. The van der Waals surface area contributed by atoms with Crippen LogP contribution in [0.3, 0.4) is 0 Å². The van der Waals surface area contributed by atoms with Gasteiger partial charge in [0.1, 0.15) is 12.4 Å². The zero-order chi connectivity index (χ0) is 15.2. The van der Waals surface area contributed by atoms with Crippen LogP contribution in [0.4, 0.5) is 0 Å². The minimum Gasteiger partial charge on any atom is -0.491 e. The van der Waals surface area contributed by atoms with Crippen LogP contribution in [0, 0.1) is 5.41 Å². The van der Waals surface area contributed by atoms with Crippen molar-refractivity contribution in [2.45, 2.75) is 27.2 Å². The summed E-state index contributed by atoms with van der Waals surface area (Å²) in [5.41, 5.74) is 0.653. The van der Waals surface area contributed by atoms with E-state index >= 15 is 0 Å². The Bertz CT molecular complexity index is 446. The number of carbonyl (C=O) groups excluding carboxylic acids is 1. The fourth-order valence-corrected chi connectivity index (χ4v) is 2.02. The molecular formula is C16H24ClNO2. The minimum absolute atomic E-state index is 0.0416. The highest BCUT2D eigenvalue weighted by atomic mass is 35.5. The highest BCUT2D eigenvalue weighted by Gasteiger charge is 2.29. The summed E-state index contributed by atoms with van der Waals surface area (Å²) in [7, 11) is 1.78. The third kappa shape index (κ3) is 4.41. The van der Waals surface area contributed by atoms with E-state index in [-0.39, 0.29) is 5.91 Å². The van der Waals surface area contributed by atoms with Gasteiger partial charge in [-0.05, 0) is 31.9 Å². The molecule has 0 aliphatic carbocycles. The molecule has 4 heteroatoms. The molecule has 1 rings (SSSR count). The van der Waals surface area contributed by atoms with Crippen LogP contribution < -0.4 is 4.74 Å². The largest absolute Gasteiger partial charge is 0.491 e. The molecule has 0 aliphatic heterocycles. The maximum Gasteiger partial charge on any atom is 0.229 e. The molecule has 0 atom stereocenters. The van der Waals surface area contributed by atoms with Gasteiger partial charge in [-0.3, -0.25) is 4.79 Å². The Labute approximate surface area is 126 Å². The summed E-state index contributed by atoms with van der Waals surface area (Å²) in [6, 6.07) is 7.98. The molecule has 1 aromatic rings. The van der Waals surface area contributed by atoms with Gasteiger partial charge in [-0.15, -0.1) is 11.6 Å². The molecule has 0 unspecified atom stereocenters. The highest BCUT2D eigenvalue weighted by Crippen LogP contribution is 2.20. The lowest BCUT2D eigenvalue weighted by Gasteiger charge is -2.27. The first-order valence-electron chi connectivity index (χ1n) is 6.94. The van der Waals surface area contributed by atoms with Crippen LogP contribution in [-0.2, 0) is 11.2 Å². The lowest BCUT2D eigenvalue weighted by Crippen LogP contribution is -2.41. The number of halogens is 1. The Kier molecular flexibility index (Phi) is 6.34. The van der Waals surface area contributed by atoms with E-state index in [1.807, 2.05) is 32.0 Å². The average Bonchev–Trinajstić information content (AvgIpc) is 2.46. The van der Waals surface area contributed by atoms with Gasteiger partial charge in [-0.2, -0.15) is 0 Å². The molecule has 0 fully saturated rings. The third-order valence-corrected chi connectivity index (χ3v) is 3.97. The number of aryl methyl sites for hydroxylation is 1. The summed E-state index contributed by atoms with van der Waals surface area (Å²) in [5.74, 6) is 1.25. The van der Waals surface area contributed by atoms with E-state index in [9.17, 15) is 4.79 Å². The number of likely N-dealkylation sites (N-methyl/N-ethyl adjacent to an activating group) is 1. The first kappa shape index (κ1) is 16.8. The van der Waals surface area contributed by atoms with Crippen LogP contribution in [0.2, 0.25) is 0 Å².